The molecule has 0 unspecified atom stereocenters. The van der Waals surface area contributed by atoms with Gasteiger partial charge in [0, 0.05) is 0 Å². The first kappa shape index (κ1) is 20.8. The van der Waals surface area contributed by atoms with Gasteiger partial charge in [-0.15, -0.1) is 0 Å². The van der Waals surface area contributed by atoms with E-state index in [9.17, 15) is 14.4 Å². The summed E-state index contributed by atoms with van der Waals surface area (Å²) in [5.41, 5.74) is 2.04. The van der Waals surface area contributed by atoms with Gasteiger partial charge in [-0.2, -0.15) is 0 Å². The van der Waals surface area contributed by atoms with Crippen molar-refractivity contribution in [3.05, 3.63) is 102 Å². The van der Waals surface area contributed by atoms with Gasteiger partial charge in [0.1, 0.15) is 12.4 Å². The summed E-state index contributed by atoms with van der Waals surface area (Å²) in [6, 6.07) is 25.2. The van der Waals surface area contributed by atoms with Gasteiger partial charge in [-0.3, -0.25) is 14.9 Å². The van der Waals surface area contributed by atoms with E-state index in [1.165, 1.54) is 0 Å². The van der Waals surface area contributed by atoms with Gasteiger partial charge in [0.05, 0.1) is 12.0 Å². The Balaban J connectivity index is 1.46. The number of nitrogens with one attached hydrogen (secondary N) is 1. The molecule has 0 aliphatic heterocycles. The predicted molar refractivity (Wildman–Crippen MR) is 111 cm³/mol. The van der Waals surface area contributed by atoms with E-state index >= 15 is 0 Å². The van der Waals surface area contributed by atoms with Crippen molar-refractivity contribution in [2.75, 3.05) is 6.61 Å². The molecule has 6 heteroatoms. The first-order chi connectivity index (χ1) is 14.6. The first-order valence-corrected chi connectivity index (χ1v) is 9.40. The van der Waals surface area contributed by atoms with Gasteiger partial charge in [-0.05, 0) is 29.3 Å². The molecule has 3 rings (SSSR count). The Morgan fingerprint density at radius 3 is 2.10 bits per heavy atom. The number of benzene rings is 3. The quantitative estimate of drug-likeness (QED) is 0.584. The smallest absolute Gasteiger partial charge is 0.338 e. The molecule has 0 aromatic heterocycles. The summed E-state index contributed by atoms with van der Waals surface area (Å²) in [5.74, 6) is -1.30. The van der Waals surface area contributed by atoms with Gasteiger partial charge in [-0.25, -0.2) is 4.79 Å². The minimum absolute atomic E-state index is 0.0708. The molecule has 0 saturated carbocycles. The van der Waals surface area contributed by atoms with Crippen LogP contribution in [0.3, 0.4) is 0 Å². The number of imide groups is 1. The number of hydrogen-bond donors (Lipinski definition) is 1. The Kier molecular flexibility index (Phi) is 7.33. The molecule has 3 aromatic carbocycles. The summed E-state index contributed by atoms with van der Waals surface area (Å²) in [7, 11) is 0. The summed E-state index contributed by atoms with van der Waals surface area (Å²) in [4.78, 5) is 36.0. The Morgan fingerprint density at radius 1 is 0.733 bits per heavy atom. The molecule has 3 aromatic rings. The van der Waals surface area contributed by atoms with Crippen molar-refractivity contribution in [3.63, 3.8) is 0 Å². The monoisotopic (exact) mass is 403 g/mol. The van der Waals surface area contributed by atoms with E-state index in [-0.39, 0.29) is 12.0 Å². The summed E-state index contributed by atoms with van der Waals surface area (Å²) >= 11 is 0. The molecule has 0 heterocycles. The van der Waals surface area contributed by atoms with Crippen LogP contribution >= 0.6 is 0 Å². The Labute approximate surface area is 174 Å². The van der Waals surface area contributed by atoms with Crippen molar-refractivity contribution in [2.45, 2.75) is 13.0 Å². The van der Waals surface area contributed by atoms with Crippen LogP contribution < -0.4 is 10.1 Å². The number of hydrogen-bond acceptors (Lipinski definition) is 5. The van der Waals surface area contributed by atoms with Crippen LogP contribution in [0.2, 0.25) is 0 Å². The van der Waals surface area contributed by atoms with E-state index < -0.39 is 24.4 Å². The third kappa shape index (κ3) is 6.60. The van der Waals surface area contributed by atoms with Crippen LogP contribution in [-0.2, 0) is 27.4 Å². The molecule has 6 nitrogen and oxygen atoms in total. The maximum atomic E-state index is 12.2. The van der Waals surface area contributed by atoms with Gasteiger partial charge in [0.25, 0.3) is 5.91 Å². The molecule has 152 valence electrons. The topological polar surface area (TPSA) is 81.7 Å². The van der Waals surface area contributed by atoms with E-state index in [1.54, 1.807) is 36.4 Å². The van der Waals surface area contributed by atoms with Crippen LogP contribution in [0.15, 0.2) is 84.9 Å². The lowest BCUT2D eigenvalue weighted by Gasteiger charge is -2.09. The fourth-order valence-corrected chi connectivity index (χ4v) is 2.69. The van der Waals surface area contributed by atoms with Crippen molar-refractivity contribution in [2.24, 2.45) is 0 Å². The molecule has 0 aliphatic rings. The molecule has 0 fully saturated rings. The number of ether oxygens (including phenoxy) is 2. The van der Waals surface area contributed by atoms with Crippen molar-refractivity contribution >= 4 is 17.8 Å². The fourth-order valence-electron chi connectivity index (χ4n) is 2.69. The van der Waals surface area contributed by atoms with E-state index in [1.807, 2.05) is 48.5 Å². The highest BCUT2D eigenvalue weighted by atomic mass is 16.5. The van der Waals surface area contributed by atoms with Crippen LogP contribution in [0.1, 0.15) is 21.5 Å². The minimum Gasteiger partial charge on any atom is -0.489 e. The zero-order chi connectivity index (χ0) is 21.2. The number of esters is 1. The second-order valence-electron chi connectivity index (χ2n) is 6.51. The lowest BCUT2D eigenvalue weighted by Crippen LogP contribution is -2.35. The zero-order valence-corrected chi connectivity index (χ0v) is 16.2. The second kappa shape index (κ2) is 10.6. The SMILES string of the molecule is O=C(COC(=O)c1cccc(OCc2ccccc2)c1)NC(=O)Cc1ccccc1. The molecule has 0 atom stereocenters. The molecule has 0 spiro atoms. The summed E-state index contributed by atoms with van der Waals surface area (Å²) in [6.07, 6.45) is 0.0708. The Morgan fingerprint density at radius 2 is 1.40 bits per heavy atom. The van der Waals surface area contributed by atoms with E-state index in [0.717, 1.165) is 11.1 Å². The number of rotatable bonds is 8. The highest BCUT2D eigenvalue weighted by Crippen LogP contribution is 2.16. The van der Waals surface area contributed by atoms with Crippen LogP contribution in [0, 0.1) is 0 Å². The van der Waals surface area contributed by atoms with Crippen molar-refractivity contribution in [3.8, 4) is 5.75 Å². The number of carbonyl (C=O) groups excluding carboxylic acids is 3. The van der Waals surface area contributed by atoms with Gasteiger partial charge < -0.3 is 9.47 Å². The van der Waals surface area contributed by atoms with Crippen LogP contribution in [0.25, 0.3) is 0 Å². The predicted octanol–water partition coefficient (Wildman–Crippen LogP) is 3.31. The Hall–Kier alpha value is -3.93. The molecule has 2 amide bonds. The molecule has 0 radical (unpaired) electrons. The lowest BCUT2D eigenvalue weighted by molar-refractivity contribution is -0.132. The van der Waals surface area contributed by atoms with Crippen LogP contribution in [0.5, 0.6) is 5.75 Å². The van der Waals surface area contributed by atoms with Gasteiger partial charge >= 0.3 is 5.97 Å². The minimum atomic E-state index is -0.680. The van der Waals surface area contributed by atoms with Gasteiger partial charge in [-0.1, -0.05) is 66.7 Å². The average Bonchev–Trinajstić information content (AvgIpc) is 2.77. The highest BCUT2D eigenvalue weighted by Gasteiger charge is 2.13. The summed E-state index contributed by atoms with van der Waals surface area (Å²) in [5, 5.41) is 2.21. The second-order valence-corrected chi connectivity index (χ2v) is 6.51. The van der Waals surface area contributed by atoms with Crippen LogP contribution in [0.4, 0.5) is 0 Å². The zero-order valence-electron chi connectivity index (χ0n) is 16.2. The summed E-state index contributed by atoms with van der Waals surface area (Å²) in [6.45, 7) is -0.181. The standard InChI is InChI=1S/C24H21NO5/c26-22(14-18-8-3-1-4-9-18)25-23(27)17-30-24(28)20-12-7-13-21(15-20)29-16-19-10-5-2-6-11-19/h1-13,15H,14,16-17H2,(H,25,26,27). The third-order valence-electron chi connectivity index (χ3n) is 4.14. The number of carbonyl (C=O) groups is 3. The normalized spacial score (nSPS) is 10.1. The van der Waals surface area contributed by atoms with Crippen LogP contribution in [-0.4, -0.2) is 24.4 Å². The average molecular weight is 403 g/mol. The van der Waals surface area contributed by atoms with Crippen molar-refractivity contribution in [1.82, 2.24) is 5.32 Å². The van der Waals surface area contributed by atoms with Gasteiger partial charge in [0.2, 0.25) is 5.91 Å². The maximum absolute atomic E-state index is 12.2. The number of amides is 2. The van der Waals surface area contributed by atoms with Gasteiger partial charge in [0.15, 0.2) is 6.61 Å². The fraction of sp³-hybridized carbons (Fsp3) is 0.125. The summed E-state index contributed by atoms with van der Waals surface area (Å²) < 4.78 is 10.7. The van der Waals surface area contributed by atoms with E-state index in [4.69, 9.17) is 9.47 Å². The van der Waals surface area contributed by atoms with Crippen molar-refractivity contribution < 1.29 is 23.9 Å². The van der Waals surface area contributed by atoms with E-state index in [2.05, 4.69) is 5.32 Å². The lowest BCUT2D eigenvalue weighted by atomic mass is 10.1. The molecule has 0 aliphatic carbocycles. The molecular weight excluding hydrogens is 382 g/mol. The maximum Gasteiger partial charge on any atom is 0.338 e. The molecule has 0 bridgehead atoms. The van der Waals surface area contributed by atoms with Crippen molar-refractivity contribution in [1.29, 1.82) is 0 Å². The molecule has 1 N–H and O–H groups in total. The molecule has 30 heavy (non-hydrogen) atoms. The largest absolute Gasteiger partial charge is 0.489 e. The first-order valence-electron chi connectivity index (χ1n) is 9.40. The highest BCUT2D eigenvalue weighted by molar-refractivity contribution is 5.98. The van der Waals surface area contributed by atoms with E-state index in [0.29, 0.717) is 12.4 Å². The third-order valence-corrected chi connectivity index (χ3v) is 4.14. The molecular formula is C24H21NO5. The Bertz CT molecular complexity index is 1000. The molecule has 0 saturated heterocycles.